The molecule has 0 aromatic carbocycles. The van der Waals surface area contributed by atoms with E-state index in [4.69, 9.17) is 13.8 Å². The number of nitrogens with zero attached hydrogens (tertiary/aromatic N) is 1. The van der Waals surface area contributed by atoms with Crippen molar-refractivity contribution in [2.75, 3.05) is 40.9 Å². The van der Waals surface area contributed by atoms with Gasteiger partial charge >= 0.3 is 13.8 Å². The zero-order valence-corrected chi connectivity index (χ0v) is 58.9. The van der Waals surface area contributed by atoms with Crippen LogP contribution in [0.15, 0.2) is 85.1 Å². The number of allylic oxidation sites excluding steroid dienone is 13. The molecular formula is C77H142N2O7P+. The number of carbonyl (C=O) groups excluding carboxylic acids is 2. The second-order valence-electron chi connectivity index (χ2n) is 26.1. The van der Waals surface area contributed by atoms with E-state index in [9.17, 15) is 19.0 Å². The molecule has 0 aliphatic carbocycles. The third-order valence-electron chi connectivity index (χ3n) is 16.3. The van der Waals surface area contributed by atoms with Gasteiger partial charge in [0, 0.05) is 12.8 Å². The Labute approximate surface area is 539 Å². The Morgan fingerprint density at radius 3 is 1.11 bits per heavy atom. The highest BCUT2D eigenvalue weighted by molar-refractivity contribution is 7.47. The van der Waals surface area contributed by atoms with Gasteiger partial charge in [-0.25, -0.2) is 4.57 Å². The predicted molar refractivity (Wildman–Crippen MR) is 378 cm³/mol. The minimum absolute atomic E-state index is 0.0379. The van der Waals surface area contributed by atoms with Crippen molar-refractivity contribution in [3.63, 3.8) is 0 Å². The van der Waals surface area contributed by atoms with Crippen molar-refractivity contribution < 1.29 is 37.3 Å². The van der Waals surface area contributed by atoms with E-state index in [-0.39, 0.29) is 31.5 Å². The Morgan fingerprint density at radius 1 is 0.414 bits per heavy atom. The first-order valence-electron chi connectivity index (χ1n) is 36.9. The molecule has 0 heterocycles. The number of hydrogen-bond acceptors (Lipinski definition) is 6. The molecule has 3 unspecified atom stereocenters. The summed E-state index contributed by atoms with van der Waals surface area (Å²) in [5.41, 5.74) is 0. The molecule has 0 radical (unpaired) electrons. The smallest absolute Gasteiger partial charge is 0.456 e. The number of quaternary nitrogens is 1. The topological polar surface area (TPSA) is 111 Å². The van der Waals surface area contributed by atoms with Crippen LogP contribution in [-0.2, 0) is 27.9 Å². The van der Waals surface area contributed by atoms with Crippen LogP contribution in [-0.4, -0.2) is 74.3 Å². The molecule has 506 valence electrons. The summed E-state index contributed by atoms with van der Waals surface area (Å²) in [7, 11) is 1.50. The van der Waals surface area contributed by atoms with Gasteiger partial charge in [0.15, 0.2) is 0 Å². The van der Waals surface area contributed by atoms with Crippen LogP contribution in [0, 0.1) is 0 Å². The summed E-state index contributed by atoms with van der Waals surface area (Å²) in [5, 5.41) is 3.08. The summed E-state index contributed by atoms with van der Waals surface area (Å²) < 4.78 is 30.9. The lowest BCUT2D eigenvalue weighted by Gasteiger charge is -2.27. The molecule has 0 spiro atoms. The highest BCUT2D eigenvalue weighted by Crippen LogP contribution is 2.43. The molecule has 2 N–H and O–H groups in total. The second kappa shape index (κ2) is 66.1. The standard InChI is InChI=1S/C77H141N2O7P/c1-7-10-13-16-19-22-25-28-30-32-34-36-37-38-39-40-41-43-44-46-48-51-54-57-60-63-66-69-76(80)78-74(73-85-87(82,83)84-72-71-79(4,5)6)75(68-65-62-59-56-53-50-27-24-21-18-15-12-9-3)86-77(81)70-67-64-61-58-55-52-49-47-45-42-35-33-31-29-26-23-20-17-14-11-8-2/h10,13,19,22,28-31,34,36,38-39,65,68,74-75H,7-9,11-12,14-18,20-21,23-27,32-33,35,37,40-64,66-67,69-73H2,1-6H3,(H-,78,80,82,83)/p+1/b13-10-,22-19-,30-28-,31-29+,36-34-,39-38-,68-65-. The van der Waals surface area contributed by atoms with Gasteiger partial charge in [-0.05, 0) is 102 Å². The van der Waals surface area contributed by atoms with Crippen LogP contribution in [0.1, 0.15) is 342 Å². The molecule has 0 aliphatic rings. The zero-order chi connectivity index (χ0) is 63.5. The molecule has 10 heteroatoms. The van der Waals surface area contributed by atoms with Crippen molar-refractivity contribution in [1.82, 2.24) is 5.32 Å². The fourth-order valence-electron chi connectivity index (χ4n) is 10.7. The first-order chi connectivity index (χ1) is 42.4. The van der Waals surface area contributed by atoms with Crippen molar-refractivity contribution in [2.24, 2.45) is 0 Å². The quantitative estimate of drug-likeness (QED) is 0.0205. The van der Waals surface area contributed by atoms with E-state index in [0.717, 1.165) is 89.9 Å². The van der Waals surface area contributed by atoms with E-state index in [2.05, 4.69) is 99.0 Å². The van der Waals surface area contributed by atoms with Gasteiger partial charge < -0.3 is 19.4 Å². The summed E-state index contributed by atoms with van der Waals surface area (Å²) in [6.45, 7) is 6.93. The lowest BCUT2D eigenvalue weighted by molar-refractivity contribution is -0.870. The van der Waals surface area contributed by atoms with Gasteiger partial charge in [-0.3, -0.25) is 18.6 Å². The molecule has 0 aliphatic heterocycles. The molecule has 1 amide bonds. The van der Waals surface area contributed by atoms with Gasteiger partial charge in [0.25, 0.3) is 0 Å². The van der Waals surface area contributed by atoms with Crippen LogP contribution in [0.2, 0.25) is 0 Å². The minimum atomic E-state index is -4.46. The highest BCUT2D eigenvalue weighted by Gasteiger charge is 2.30. The number of likely N-dealkylation sites (N-methyl/N-ethyl adjacent to an activating group) is 1. The summed E-state index contributed by atoms with van der Waals surface area (Å²) >= 11 is 0. The van der Waals surface area contributed by atoms with Gasteiger partial charge in [0.05, 0.1) is 33.8 Å². The lowest BCUT2D eigenvalue weighted by atomic mass is 10.0. The Hall–Kier alpha value is -2.81. The van der Waals surface area contributed by atoms with Crippen LogP contribution in [0.25, 0.3) is 0 Å². The largest absolute Gasteiger partial charge is 0.472 e. The highest BCUT2D eigenvalue weighted by atomic mass is 31.2. The van der Waals surface area contributed by atoms with Gasteiger partial charge in [0.1, 0.15) is 19.3 Å². The van der Waals surface area contributed by atoms with Gasteiger partial charge in [-0.1, -0.05) is 312 Å². The van der Waals surface area contributed by atoms with E-state index < -0.39 is 20.0 Å². The average molecular weight is 1240 g/mol. The number of ether oxygens (including phenoxy) is 1. The van der Waals surface area contributed by atoms with E-state index in [0.29, 0.717) is 17.4 Å². The molecule has 0 fully saturated rings. The minimum Gasteiger partial charge on any atom is -0.456 e. The SMILES string of the molecule is CC/C=C\C/C=C\C/C=C\C/C=C\C/C=C\CCCCCCCCCCCCCC(=O)NC(COP(=O)(O)OCC[N+](C)(C)C)C(/C=C\CCCCCCCCCCCCC)OC(=O)CCCCCCCCCCCCC/C=C/CCCCCCCC. The Morgan fingerprint density at radius 2 is 0.736 bits per heavy atom. The number of phosphoric acid groups is 1. The average Bonchev–Trinajstić information content (AvgIpc) is 3.69. The third kappa shape index (κ3) is 67.4. The first-order valence-corrected chi connectivity index (χ1v) is 38.4. The monoisotopic (exact) mass is 1240 g/mol. The summed E-state index contributed by atoms with van der Waals surface area (Å²) in [6, 6.07) is -0.855. The number of hydrogen-bond donors (Lipinski definition) is 2. The van der Waals surface area contributed by atoms with Crippen molar-refractivity contribution in [3.05, 3.63) is 85.1 Å². The lowest BCUT2D eigenvalue weighted by Crippen LogP contribution is -2.47. The fourth-order valence-corrected chi connectivity index (χ4v) is 11.4. The number of amides is 1. The molecular weight excluding hydrogens is 1100 g/mol. The fraction of sp³-hybridized carbons (Fsp3) is 0.792. The number of rotatable bonds is 67. The summed E-state index contributed by atoms with van der Waals surface area (Å²) in [4.78, 5) is 38.0. The van der Waals surface area contributed by atoms with Gasteiger partial charge in [-0.2, -0.15) is 0 Å². The molecule has 0 rings (SSSR count). The molecule has 0 saturated heterocycles. The maximum absolute atomic E-state index is 13.6. The zero-order valence-electron chi connectivity index (χ0n) is 58.0. The van der Waals surface area contributed by atoms with E-state index in [1.807, 2.05) is 33.3 Å². The van der Waals surface area contributed by atoms with Crippen LogP contribution < -0.4 is 5.32 Å². The Balaban J connectivity index is 5.06. The molecule has 9 nitrogen and oxygen atoms in total. The van der Waals surface area contributed by atoms with Crippen LogP contribution in [0.3, 0.4) is 0 Å². The van der Waals surface area contributed by atoms with E-state index in [1.54, 1.807) is 0 Å². The number of phosphoric ester groups is 1. The molecule has 87 heavy (non-hydrogen) atoms. The molecule has 0 aromatic heterocycles. The van der Waals surface area contributed by atoms with E-state index in [1.165, 1.54) is 218 Å². The Bertz CT molecular complexity index is 1760. The van der Waals surface area contributed by atoms with E-state index >= 15 is 0 Å². The van der Waals surface area contributed by atoms with Crippen molar-refractivity contribution >= 4 is 19.7 Å². The third-order valence-corrected chi connectivity index (χ3v) is 17.3. The summed E-state index contributed by atoms with van der Waals surface area (Å²) in [6.07, 6.45) is 88.8. The van der Waals surface area contributed by atoms with Crippen LogP contribution in [0.4, 0.5) is 0 Å². The molecule has 0 saturated carbocycles. The van der Waals surface area contributed by atoms with Crippen molar-refractivity contribution in [3.8, 4) is 0 Å². The number of esters is 1. The maximum Gasteiger partial charge on any atom is 0.472 e. The van der Waals surface area contributed by atoms with Crippen molar-refractivity contribution in [2.45, 2.75) is 354 Å². The van der Waals surface area contributed by atoms with Gasteiger partial charge in [-0.15, -0.1) is 0 Å². The number of unbranched alkanes of at least 4 members (excludes halogenated alkanes) is 39. The number of carbonyl (C=O) groups is 2. The van der Waals surface area contributed by atoms with Crippen molar-refractivity contribution in [1.29, 1.82) is 0 Å². The maximum atomic E-state index is 13.6. The summed E-state index contributed by atoms with van der Waals surface area (Å²) in [5.74, 6) is -0.499. The molecule has 0 bridgehead atoms. The first kappa shape index (κ1) is 84.2. The Kier molecular flexibility index (Phi) is 64.0. The molecule has 0 aromatic rings. The molecule has 3 atom stereocenters. The second-order valence-corrected chi connectivity index (χ2v) is 27.5. The number of nitrogens with one attached hydrogen (secondary N) is 1. The predicted octanol–water partition coefficient (Wildman–Crippen LogP) is 23.7. The normalized spacial score (nSPS) is 14.0. The van der Waals surface area contributed by atoms with Crippen LogP contribution >= 0.6 is 7.82 Å². The van der Waals surface area contributed by atoms with Crippen LogP contribution in [0.5, 0.6) is 0 Å². The van der Waals surface area contributed by atoms with Gasteiger partial charge in [0.2, 0.25) is 5.91 Å².